The van der Waals surface area contributed by atoms with E-state index in [4.69, 9.17) is 16.4 Å². The zero-order chi connectivity index (χ0) is 12.3. The first-order valence-corrected chi connectivity index (χ1v) is 4.61. The van der Waals surface area contributed by atoms with Gasteiger partial charge in [0.2, 0.25) is 6.10 Å². The molecule has 0 saturated carbocycles. The van der Waals surface area contributed by atoms with Gasteiger partial charge in [-0.25, -0.2) is 4.79 Å². The fourth-order valence-electron chi connectivity index (χ4n) is 1.07. The second-order valence-electron chi connectivity index (χ2n) is 3.90. The lowest BCUT2D eigenvalue weighted by molar-refractivity contribution is -0.132. The minimum Gasteiger partial charge on any atom is -0.477 e. The van der Waals surface area contributed by atoms with Gasteiger partial charge in [0.15, 0.2) is 5.71 Å². The highest BCUT2D eigenvalue weighted by Crippen LogP contribution is 2.12. The van der Waals surface area contributed by atoms with E-state index in [0.717, 1.165) is 0 Å². The summed E-state index contributed by atoms with van der Waals surface area (Å²) < 4.78 is 0. The maximum Gasteiger partial charge on any atom is 0.353 e. The van der Waals surface area contributed by atoms with Crippen molar-refractivity contribution in [2.75, 3.05) is 0 Å². The van der Waals surface area contributed by atoms with Gasteiger partial charge >= 0.3 is 5.97 Å². The number of hydrogen-bond donors (Lipinski definition) is 2. The minimum atomic E-state index is -1.19. The van der Waals surface area contributed by atoms with Crippen LogP contribution in [0.3, 0.4) is 0 Å². The first-order valence-electron chi connectivity index (χ1n) is 4.61. The van der Waals surface area contributed by atoms with E-state index in [0.29, 0.717) is 0 Å². The van der Waals surface area contributed by atoms with Crippen molar-refractivity contribution in [2.24, 2.45) is 5.16 Å². The minimum absolute atomic E-state index is 0.0538. The molecule has 0 radical (unpaired) electrons. The van der Waals surface area contributed by atoms with E-state index in [9.17, 15) is 9.59 Å². The molecule has 0 saturated heterocycles. The molecule has 6 heteroatoms. The van der Waals surface area contributed by atoms with Crippen molar-refractivity contribution in [2.45, 2.75) is 31.9 Å². The van der Waals surface area contributed by atoms with Crippen molar-refractivity contribution in [1.82, 2.24) is 5.32 Å². The largest absolute Gasteiger partial charge is 0.477 e. The number of oxime groups is 1. The van der Waals surface area contributed by atoms with Gasteiger partial charge in [0.25, 0.3) is 5.91 Å². The van der Waals surface area contributed by atoms with E-state index in [1.165, 1.54) is 0 Å². The van der Waals surface area contributed by atoms with Gasteiger partial charge in [-0.3, -0.25) is 4.79 Å². The summed E-state index contributed by atoms with van der Waals surface area (Å²) in [7, 11) is 0. The predicted octanol–water partition coefficient (Wildman–Crippen LogP) is -0.256. The number of amides is 1. The van der Waals surface area contributed by atoms with Gasteiger partial charge in [0.1, 0.15) is 0 Å². The molecule has 16 heavy (non-hydrogen) atoms. The Labute approximate surface area is 92.6 Å². The van der Waals surface area contributed by atoms with Crippen LogP contribution in [0.15, 0.2) is 5.16 Å². The molecule has 1 amide bonds. The van der Waals surface area contributed by atoms with Crippen LogP contribution in [-0.4, -0.2) is 34.3 Å². The van der Waals surface area contributed by atoms with E-state index < -0.39 is 23.5 Å². The van der Waals surface area contributed by atoms with Crippen molar-refractivity contribution in [3.05, 3.63) is 0 Å². The van der Waals surface area contributed by atoms with Crippen molar-refractivity contribution in [1.29, 1.82) is 0 Å². The molecule has 0 bridgehead atoms. The Hall–Kier alpha value is -2.03. The Morgan fingerprint density at radius 2 is 2.31 bits per heavy atom. The quantitative estimate of drug-likeness (QED) is 0.647. The topological polar surface area (TPSA) is 88.0 Å². The predicted molar refractivity (Wildman–Crippen MR) is 55.6 cm³/mol. The lowest BCUT2D eigenvalue weighted by atomic mass is 10.1. The third-order valence-corrected chi connectivity index (χ3v) is 2.00. The number of rotatable bonds is 3. The van der Waals surface area contributed by atoms with Gasteiger partial charge < -0.3 is 15.3 Å². The number of terminal acetylenes is 1. The molecule has 1 heterocycles. The molecule has 86 valence electrons. The molecule has 0 aliphatic carbocycles. The number of carbonyl (C=O) groups excluding carboxylic acids is 1. The third kappa shape index (κ3) is 2.73. The molecule has 1 aliphatic heterocycles. The molecule has 6 nitrogen and oxygen atoms in total. The van der Waals surface area contributed by atoms with Gasteiger partial charge in [0, 0.05) is 6.42 Å². The molecule has 0 spiro atoms. The molecular formula is C10H12N2O4. The standard InChI is InChI=1S/C10H12N2O4/c1-4-10(2,3)11-8(13)7-5-6(9(14)15)12-16-7/h1,7H,5H2,2-3H3,(H,11,13)(H,14,15). The summed E-state index contributed by atoms with van der Waals surface area (Å²) in [5.41, 5.74) is -0.967. The average molecular weight is 224 g/mol. The highest BCUT2D eigenvalue weighted by atomic mass is 16.6. The van der Waals surface area contributed by atoms with Crippen molar-refractivity contribution < 1.29 is 19.5 Å². The normalized spacial score (nSPS) is 19.3. The summed E-state index contributed by atoms with van der Waals surface area (Å²) in [6, 6.07) is 0. The summed E-state index contributed by atoms with van der Waals surface area (Å²) in [6.07, 6.45) is 4.23. The van der Waals surface area contributed by atoms with Gasteiger partial charge in [-0.15, -0.1) is 6.42 Å². The maximum atomic E-state index is 11.6. The van der Waals surface area contributed by atoms with Gasteiger partial charge in [0.05, 0.1) is 5.54 Å². The zero-order valence-corrected chi connectivity index (χ0v) is 8.98. The Morgan fingerprint density at radius 3 is 2.75 bits per heavy atom. The number of nitrogens with one attached hydrogen (secondary N) is 1. The summed E-state index contributed by atoms with van der Waals surface area (Å²) >= 11 is 0. The Balaban J connectivity index is 2.55. The maximum absolute atomic E-state index is 11.6. The van der Waals surface area contributed by atoms with Crippen LogP contribution in [-0.2, 0) is 14.4 Å². The third-order valence-electron chi connectivity index (χ3n) is 2.00. The molecule has 0 fully saturated rings. The van der Waals surface area contributed by atoms with Gasteiger partial charge in [-0.05, 0) is 13.8 Å². The van der Waals surface area contributed by atoms with E-state index in [2.05, 4.69) is 16.4 Å². The lowest BCUT2D eigenvalue weighted by Gasteiger charge is -2.20. The number of carboxylic acids is 1. The fourth-order valence-corrected chi connectivity index (χ4v) is 1.07. The second-order valence-corrected chi connectivity index (χ2v) is 3.90. The molecule has 2 N–H and O–H groups in total. The smallest absolute Gasteiger partial charge is 0.353 e. The van der Waals surface area contributed by atoms with Crippen LogP contribution in [0.5, 0.6) is 0 Å². The van der Waals surface area contributed by atoms with Crippen LogP contribution in [0.25, 0.3) is 0 Å². The van der Waals surface area contributed by atoms with Gasteiger partial charge in [-0.2, -0.15) is 0 Å². The summed E-state index contributed by atoms with van der Waals surface area (Å²) in [6.45, 7) is 3.30. The number of carboxylic acid groups (broad SMARTS) is 1. The Morgan fingerprint density at radius 1 is 1.69 bits per heavy atom. The van der Waals surface area contributed by atoms with Crippen LogP contribution in [0, 0.1) is 12.3 Å². The Bertz CT molecular complexity index is 392. The number of carbonyl (C=O) groups is 2. The van der Waals surface area contributed by atoms with Crippen LogP contribution in [0.4, 0.5) is 0 Å². The highest BCUT2D eigenvalue weighted by Gasteiger charge is 2.33. The van der Waals surface area contributed by atoms with E-state index >= 15 is 0 Å². The average Bonchev–Trinajstić information content (AvgIpc) is 2.66. The molecule has 1 rings (SSSR count). The zero-order valence-electron chi connectivity index (χ0n) is 8.98. The van der Waals surface area contributed by atoms with Crippen LogP contribution in [0.1, 0.15) is 20.3 Å². The molecule has 0 aromatic rings. The van der Waals surface area contributed by atoms with E-state index in [1.54, 1.807) is 13.8 Å². The molecule has 1 atom stereocenters. The molecule has 0 aromatic heterocycles. The van der Waals surface area contributed by atoms with Gasteiger partial charge in [-0.1, -0.05) is 11.1 Å². The first-order chi connectivity index (χ1) is 7.35. The molecule has 1 aliphatic rings. The second kappa shape index (κ2) is 4.23. The lowest BCUT2D eigenvalue weighted by Crippen LogP contribution is -2.47. The molecule has 0 aromatic carbocycles. The first kappa shape index (κ1) is 12.0. The number of aliphatic carboxylic acids is 1. The van der Waals surface area contributed by atoms with E-state index in [-0.39, 0.29) is 12.1 Å². The monoisotopic (exact) mass is 224 g/mol. The van der Waals surface area contributed by atoms with Crippen molar-refractivity contribution >= 4 is 17.6 Å². The van der Waals surface area contributed by atoms with Crippen molar-refractivity contribution in [3.63, 3.8) is 0 Å². The summed E-state index contributed by atoms with van der Waals surface area (Å²) in [4.78, 5) is 26.8. The SMILES string of the molecule is C#CC(C)(C)NC(=O)C1CC(C(=O)O)=NO1. The highest BCUT2D eigenvalue weighted by molar-refractivity contribution is 6.36. The van der Waals surface area contributed by atoms with Crippen LogP contribution in [0.2, 0.25) is 0 Å². The van der Waals surface area contributed by atoms with Crippen LogP contribution < -0.4 is 5.32 Å². The van der Waals surface area contributed by atoms with Crippen molar-refractivity contribution in [3.8, 4) is 12.3 Å². The van der Waals surface area contributed by atoms with E-state index in [1.807, 2.05) is 0 Å². The molecular weight excluding hydrogens is 212 g/mol. The Kier molecular flexibility index (Phi) is 3.18. The summed E-state index contributed by atoms with van der Waals surface area (Å²) in [5.74, 6) is 0.731. The summed E-state index contributed by atoms with van der Waals surface area (Å²) in [5, 5.41) is 14.5. The van der Waals surface area contributed by atoms with Crippen LogP contribution >= 0.6 is 0 Å². The number of nitrogens with zero attached hydrogens (tertiary/aromatic N) is 1. The molecule has 1 unspecified atom stereocenters. The number of hydrogen-bond acceptors (Lipinski definition) is 4. The fraction of sp³-hybridized carbons (Fsp3) is 0.500.